The minimum Gasteiger partial charge on any atom is -0.726 e. The minimum atomic E-state index is -4.92. The Balaban J connectivity index is -0.0000000655. The van der Waals surface area contributed by atoms with Crippen LogP contribution in [0, 0.1) is 0 Å². The van der Waals surface area contributed by atoms with Gasteiger partial charge in [0.2, 0.25) is 20.8 Å². The van der Waals surface area contributed by atoms with Crippen LogP contribution >= 0.6 is 0 Å². The van der Waals surface area contributed by atoms with Crippen molar-refractivity contribution in [2.24, 2.45) is 0 Å². The Morgan fingerprint density at radius 2 is 0.625 bits per heavy atom. The summed E-state index contributed by atoms with van der Waals surface area (Å²) in [6.45, 7) is 0. The van der Waals surface area contributed by atoms with Crippen molar-refractivity contribution in [1.29, 1.82) is 0 Å². The third kappa shape index (κ3) is 145000. The molecule has 0 saturated carbocycles. The molecule has 0 aliphatic heterocycles. The molecule has 0 aliphatic rings. The van der Waals surface area contributed by atoms with E-state index in [1.165, 1.54) is 0 Å². The zero-order valence-corrected chi connectivity index (χ0v) is 9.97. The second-order valence-electron chi connectivity index (χ2n) is 1.30. The molecule has 0 aromatic rings. The molecule has 0 fully saturated rings. The van der Waals surface area contributed by atoms with E-state index in [9.17, 15) is 0 Å². The molecule has 0 aromatic carbocycles. The van der Waals surface area contributed by atoms with E-state index in [2.05, 4.69) is 0 Å². The van der Waals surface area contributed by atoms with Crippen molar-refractivity contribution in [2.45, 2.75) is 0 Å². The average Bonchev–Trinajstić information content (AvgIpc) is 1.41. The maximum absolute atomic E-state index is 8.74. The van der Waals surface area contributed by atoms with Crippen LogP contribution in [-0.4, -0.2) is 52.6 Å². The number of hydrogen-bond acceptors (Lipinski definition) is 8. The van der Waals surface area contributed by atoms with Crippen molar-refractivity contribution >= 4 is 31.2 Å². The van der Waals surface area contributed by atoms with Gasteiger partial charge in [-0.3, -0.25) is 18.2 Å². The van der Waals surface area contributed by atoms with Gasteiger partial charge in [0, 0.05) is 0 Å². The topological polar surface area (TPSA) is 229 Å². The Morgan fingerprint density at radius 1 is 0.625 bits per heavy atom. The Morgan fingerprint density at radius 3 is 0.625 bits per heavy atom. The van der Waals surface area contributed by atoms with Crippen LogP contribution in [0.3, 0.4) is 0 Å². The fourth-order valence-corrected chi connectivity index (χ4v) is 0. The van der Waals surface area contributed by atoms with Gasteiger partial charge in [-0.1, -0.05) is 0 Å². The Kier molecular flexibility index (Phi) is 14.4. The van der Waals surface area contributed by atoms with Crippen molar-refractivity contribution in [3.8, 4) is 0 Å². The normalized spacial score (nSPS) is 10.9. The van der Waals surface area contributed by atoms with Gasteiger partial charge >= 0.3 is 27.5 Å². The number of hydrogen-bond donors (Lipinski definition) is 4. The summed E-state index contributed by atoms with van der Waals surface area (Å²) in [6.07, 6.45) is 0. The summed E-state index contributed by atoms with van der Waals surface area (Å²) in [5, 5.41) is 0. The van der Waals surface area contributed by atoms with Crippen molar-refractivity contribution in [3.63, 3.8) is 0 Å². The second kappa shape index (κ2) is 9.19. The van der Waals surface area contributed by atoms with Gasteiger partial charge in [-0.25, -0.2) is 16.8 Å². The van der Waals surface area contributed by atoms with Gasteiger partial charge in [0.1, 0.15) is 0 Å². The van der Waals surface area contributed by atoms with Crippen molar-refractivity contribution in [3.05, 3.63) is 0 Å². The molecule has 0 rings (SSSR count). The van der Waals surface area contributed by atoms with Crippen LogP contribution < -0.4 is 0 Å². The summed E-state index contributed by atoms with van der Waals surface area (Å²) in [7, 11) is -14.5. The van der Waals surface area contributed by atoms with Gasteiger partial charge in [-0.15, -0.1) is 0 Å². The fourth-order valence-electron chi connectivity index (χ4n) is 0. The molecule has 4 N–H and O–H groups in total. The molecule has 12 nitrogen and oxygen atoms in total. The van der Waals surface area contributed by atoms with Crippen LogP contribution in [0.1, 0.15) is 0 Å². The molecule has 0 atom stereocenters. The Labute approximate surface area is 101 Å². The summed E-state index contributed by atoms with van der Waals surface area (Å²) < 4.78 is 97.2. The third-order valence-corrected chi connectivity index (χ3v) is 0. The Bertz CT molecular complexity index is 337. The van der Waals surface area contributed by atoms with Crippen molar-refractivity contribution < 1.29 is 69.6 Å². The predicted octanol–water partition coefficient (Wildman–Crippen LogP) is -2.65. The molecular formula is H4CuO12S3. The van der Waals surface area contributed by atoms with Crippen molar-refractivity contribution in [1.82, 2.24) is 0 Å². The average molecular weight is 356 g/mol. The smallest absolute Gasteiger partial charge is 0.726 e. The monoisotopic (exact) mass is 355 g/mol. The molecule has 0 unspecified atom stereocenters. The van der Waals surface area contributed by atoms with E-state index < -0.39 is 31.2 Å². The summed E-state index contributed by atoms with van der Waals surface area (Å²) in [6, 6.07) is 0. The SMILES string of the molecule is O=S(=O)(O)O.O=S(=O)([O-])O.O=S(=O)([O-])O.[Cu+2]. The molecule has 16 heavy (non-hydrogen) atoms. The first-order valence-electron chi connectivity index (χ1n) is 2.06. The van der Waals surface area contributed by atoms with E-state index in [1.54, 1.807) is 0 Å². The van der Waals surface area contributed by atoms with Gasteiger partial charge in [0.25, 0.3) is 0 Å². The molecule has 1 radical (unpaired) electrons. The van der Waals surface area contributed by atoms with Crippen LogP contribution in [-0.2, 0) is 48.3 Å². The van der Waals surface area contributed by atoms with Crippen LogP contribution in [0.25, 0.3) is 0 Å². The second-order valence-corrected chi connectivity index (χ2v) is 3.91. The summed E-state index contributed by atoms with van der Waals surface area (Å²) in [5.41, 5.74) is 0. The van der Waals surface area contributed by atoms with Gasteiger partial charge < -0.3 is 9.11 Å². The number of rotatable bonds is 0. The third-order valence-electron chi connectivity index (χ3n) is 0. The van der Waals surface area contributed by atoms with E-state index in [-0.39, 0.29) is 17.1 Å². The molecule has 105 valence electrons. The van der Waals surface area contributed by atoms with E-state index in [4.69, 9.17) is 52.6 Å². The molecule has 0 spiro atoms. The van der Waals surface area contributed by atoms with Crippen LogP contribution in [0.4, 0.5) is 0 Å². The zero-order chi connectivity index (χ0) is 13.5. The largest absolute Gasteiger partial charge is 2.00 e. The maximum Gasteiger partial charge on any atom is 2.00 e. The quantitative estimate of drug-likeness (QED) is 0.198. The Hall–Kier alpha value is 0.129. The van der Waals surface area contributed by atoms with Gasteiger partial charge in [-0.2, -0.15) is 8.42 Å². The first-order valence-corrected chi connectivity index (χ1v) is 6.19. The van der Waals surface area contributed by atoms with E-state index in [0.29, 0.717) is 0 Å². The molecule has 0 amide bonds. The maximum atomic E-state index is 8.74. The molecule has 16 heteroatoms. The molecule has 0 aromatic heterocycles. The minimum absolute atomic E-state index is 0. The van der Waals surface area contributed by atoms with E-state index in [1.807, 2.05) is 0 Å². The van der Waals surface area contributed by atoms with Crippen LogP contribution in [0.5, 0.6) is 0 Å². The van der Waals surface area contributed by atoms with Crippen LogP contribution in [0.15, 0.2) is 0 Å². The van der Waals surface area contributed by atoms with E-state index >= 15 is 0 Å². The first-order chi connectivity index (χ1) is 6.00. The van der Waals surface area contributed by atoms with E-state index in [0.717, 1.165) is 0 Å². The van der Waals surface area contributed by atoms with Gasteiger partial charge in [-0.05, 0) is 0 Å². The molecular weight excluding hydrogens is 352 g/mol. The van der Waals surface area contributed by atoms with Gasteiger partial charge in [0.15, 0.2) is 0 Å². The fraction of sp³-hybridized carbons (Fsp3) is 0. The predicted molar refractivity (Wildman–Crippen MR) is 38.8 cm³/mol. The standard InChI is InChI=1S/Cu.3H2O4S/c;3*1-5(2,3)4/h;3*(H2,1,2,3,4)/q+2;;;/p-2. The van der Waals surface area contributed by atoms with Gasteiger partial charge in [0.05, 0.1) is 0 Å². The summed E-state index contributed by atoms with van der Waals surface area (Å²) in [5.74, 6) is 0. The molecule has 0 aliphatic carbocycles. The van der Waals surface area contributed by atoms with Crippen LogP contribution in [0.2, 0.25) is 0 Å². The van der Waals surface area contributed by atoms with Crippen molar-refractivity contribution in [2.75, 3.05) is 0 Å². The molecule has 0 heterocycles. The zero-order valence-electron chi connectivity index (χ0n) is 6.58. The first kappa shape index (κ1) is 25.1. The molecule has 0 saturated heterocycles. The summed E-state index contributed by atoms with van der Waals surface area (Å²) >= 11 is 0. The molecule has 0 bridgehead atoms. The summed E-state index contributed by atoms with van der Waals surface area (Å²) in [4.78, 5) is 0.